The second kappa shape index (κ2) is 13.3. The van der Waals surface area contributed by atoms with E-state index in [1.54, 1.807) is 21.3 Å². The van der Waals surface area contributed by atoms with Gasteiger partial charge in [-0.15, -0.1) is 0 Å². The zero-order valence-corrected chi connectivity index (χ0v) is 30.0. The minimum atomic E-state index is -0.170. The van der Waals surface area contributed by atoms with Crippen molar-refractivity contribution in [1.29, 1.82) is 0 Å². The molecule has 5 aromatic rings. The fourth-order valence-corrected chi connectivity index (χ4v) is 6.29. The number of hydrogen-bond donors (Lipinski definition) is 0. The molecule has 0 aliphatic rings. The highest BCUT2D eigenvalue weighted by molar-refractivity contribution is 9.10. The topological polar surface area (TPSA) is 30.9 Å². The first-order chi connectivity index (χ1) is 21.5. The van der Waals surface area contributed by atoms with Crippen molar-refractivity contribution in [3.05, 3.63) is 140 Å². The molecule has 5 aromatic carbocycles. The van der Waals surface area contributed by atoms with Crippen LogP contribution in [0.2, 0.25) is 0 Å². The van der Waals surface area contributed by atoms with Crippen molar-refractivity contribution >= 4 is 48.9 Å². The molecule has 0 N–H and O–H groups in total. The Bertz CT molecular complexity index is 1620. The van der Waals surface area contributed by atoms with E-state index in [9.17, 15) is 0 Å². The standard InChI is InChI=1S/C39H39Br2NO3/c1-38(2,26-8-16-30(40)17-9-26)28-12-20-32(21-13-28)42(34-24-35(43-5)37(45-7)36(25-34)44-6)33-22-14-29(15-23-33)39(3,4)27-10-18-31(41)19-11-27/h8-25H,1-7H3. The van der Waals surface area contributed by atoms with Gasteiger partial charge in [-0.05, 0) is 70.8 Å². The van der Waals surface area contributed by atoms with Gasteiger partial charge in [0, 0.05) is 43.3 Å². The molecule has 0 bridgehead atoms. The molecule has 0 saturated heterocycles. The lowest BCUT2D eigenvalue weighted by atomic mass is 9.78. The van der Waals surface area contributed by atoms with Crippen LogP contribution >= 0.6 is 31.9 Å². The highest BCUT2D eigenvalue weighted by Gasteiger charge is 2.26. The van der Waals surface area contributed by atoms with Gasteiger partial charge in [0.1, 0.15) is 0 Å². The maximum absolute atomic E-state index is 5.75. The Morgan fingerprint density at radius 2 is 0.756 bits per heavy atom. The van der Waals surface area contributed by atoms with E-state index in [4.69, 9.17) is 14.2 Å². The fraction of sp³-hybridized carbons (Fsp3) is 0.231. The SMILES string of the molecule is COc1cc(N(c2ccc(C(C)(C)c3ccc(Br)cc3)cc2)c2ccc(C(C)(C)c3ccc(Br)cc3)cc2)cc(OC)c1OC. The molecule has 232 valence electrons. The maximum atomic E-state index is 5.75. The van der Waals surface area contributed by atoms with Gasteiger partial charge >= 0.3 is 0 Å². The molecular formula is C39H39Br2NO3. The van der Waals surface area contributed by atoms with E-state index in [1.165, 1.54) is 22.3 Å². The zero-order chi connectivity index (χ0) is 32.4. The van der Waals surface area contributed by atoms with Crippen LogP contribution in [0.25, 0.3) is 0 Å². The van der Waals surface area contributed by atoms with Gasteiger partial charge in [0.15, 0.2) is 11.5 Å². The van der Waals surface area contributed by atoms with Gasteiger partial charge in [0.05, 0.1) is 27.0 Å². The van der Waals surface area contributed by atoms with Crippen molar-refractivity contribution in [3.63, 3.8) is 0 Å². The minimum absolute atomic E-state index is 0.170. The van der Waals surface area contributed by atoms with Gasteiger partial charge < -0.3 is 19.1 Å². The number of halogens is 2. The molecule has 0 aromatic heterocycles. The van der Waals surface area contributed by atoms with E-state index in [0.717, 1.165) is 26.0 Å². The average molecular weight is 730 g/mol. The Morgan fingerprint density at radius 1 is 0.444 bits per heavy atom. The molecule has 5 rings (SSSR count). The van der Waals surface area contributed by atoms with E-state index in [2.05, 4.69) is 162 Å². The second-order valence-electron chi connectivity index (χ2n) is 12.1. The molecule has 0 heterocycles. The number of methoxy groups -OCH3 is 3. The van der Waals surface area contributed by atoms with Crippen LogP contribution in [0.5, 0.6) is 17.2 Å². The van der Waals surface area contributed by atoms with Crippen molar-refractivity contribution in [3.8, 4) is 17.2 Å². The number of benzene rings is 5. The van der Waals surface area contributed by atoms with E-state index >= 15 is 0 Å². The summed E-state index contributed by atoms with van der Waals surface area (Å²) >= 11 is 7.13. The second-order valence-corrected chi connectivity index (χ2v) is 13.9. The molecule has 0 saturated carbocycles. The summed E-state index contributed by atoms with van der Waals surface area (Å²) in [5.41, 5.74) is 7.54. The van der Waals surface area contributed by atoms with Crippen LogP contribution in [0.1, 0.15) is 49.9 Å². The smallest absolute Gasteiger partial charge is 0.203 e. The van der Waals surface area contributed by atoms with Crippen molar-refractivity contribution in [1.82, 2.24) is 0 Å². The van der Waals surface area contributed by atoms with Crippen LogP contribution in [0.3, 0.4) is 0 Å². The molecule has 0 fully saturated rings. The molecular weight excluding hydrogens is 690 g/mol. The zero-order valence-electron chi connectivity index (χ0n) is 26.8. The van der Waals surface area contributed by atoms with Crippen molar-refractivity contribution in [2.45, 2.75) is 38.5 Å². The summed E-state index contributed by atoms with van der Waals surface area (Å²) in [6, 6.07) is 38.7. The lowest BCUT2D eigenvalue weighted by Gasteiger charge is -2.30. The maximum Gasteiger partial charge on any atom is 0.203 e. The van der Waals surface area contributed by atoms with Crippen molar-refractivity contribution in [2.75, 3.05) is 26.2 Å². The van der Waals surface area contributed by atoms with Gasteiger partial charge in [0.2, 0.25) is 5.75 Å². The number of rotatable bonds is 10. The van der Waals surface area contributed by atoms with E-state index in [-0.39, 0.29) is 10.8 Å². The first-order valence-corrected chi connectivity index (χ1v) is 16.4. The molecule has 0 unspecified atom stereocenters. The normalized spacial score (nSPS) is 11.7. The quantitative estimate of drug-likeness (QED) is 0.143. The summed E-state index contributed by atoms with van der Waals surface area (Å²) < 4.78 is 19.3. The molecule has 45 heavy (non-hydrogen) atoms. The Hall–Kier alpha value is -3.74. The molecule has 6 heteroatoms. The fourth-order valence-electron chi connectivity index (χ4n) is 5.76. The van der Waals surface area contributed by atoms with Crippen LogP contribution in [0.4, 0.5) is 17.1 Å². The van der Waals surface area contributed by atoms with Crippen LogP contribution < -0.4 is 19.1 Å². The Labute approximate surface area is 284 Å². The first-order valence-electron chi connectivity index (χ1n) is 14.8. The first kappa shape index (κ1) is 32.6. The third-order valence-corrected chi connectivity index (χ3v) is 9.79. The number of anilines is 3. The highest BCUT2D eigenvalue weighted by Crippen LogP contribution is 2.46. The molecule has 0 aliphatic carbocycles. The third-order valence-electron chi connectivity index (χ3n) is 8.73. The third kappa shape index (κ3) is 6.63. The highest BCUT2D eigenvalue weighted by atomic mass is 79.9. The largest absolute Gasteiger partial charge is 0.493 e. The van der Waals surface area contributed by atoms with E-state index < -0.39 is 0 Å². The predicted octanol–water partition coefficient (Wildman–Crippen LogP) is 11.4. The van der Waals surface area contributed by atoms with Gasteiger partial charge in [0.25, 0.3) is 0 Å². The lowest BCUT2D eigenvalue weighted by molar-refractivity contribution is 0.324. The summed E-state index contributed by atoms with van der Waals surface area (Å²) in [4.78, 5) is 2.22. The predicted molar refractivity (Wildman–Crippen MR) is 193 cm³/mol. The summed E-state index contributed by atoms with van der Waals surface area (Å²) in [5, 5.41) is 0. The van der Waals surface area contributed by atoms with Gasteiger partial charge in [-0.3, -0.25) is 0 Å². The average Bonchev–Trinajstić information content (AvgIpc) is 3.05. The molecule has 0 atom stereocenters. The molecule has 4 nitrogen and oxygen atoms in total. The molecule has 0 radical (unpaired) electrons. The molecule has 0 aliphatic heterocycles. The summed E-state index contributed by atoms with van der Waals surface area (Å²) in [6.07, 6.45) is 0. The van der Waals surface area contributed by atoms with Crippen molar-refractivity contribution < 1.29 is 14.2 Å². The van der Waals surface area contributed by atoms with E-state index in [1.807, 2.05) is 12.1 Å². The van der Waals surface area contributed by atoms with Gasteiger partial charge in [-0.25, -0.2) is 0 Å². The molecule has 0 amide bonds. The number of hydrogen-bond acceptors (Lipinski definition) is 4. The van der Waals surface area contributed by atoms with Crippen LogP contribution in [0, 0.1) is 0 Å². The number of nitrogens with zero attached hydrogens (tertiary/aromatic N) is 1. The minimum Gasteiger partial charge on any atom is -0.493 e. The van der Waals surface area contributed by atoms with Gasteiger partial charge in [-0.2, -0.15) is 0 Å². The van der Waals surface area contributed by atoms with E-state index in [0.29, 0.717) is 17.2 Å². The Balaban J connectivity index is 1.60. The van der Waals surface area contributed by atoms with Crippen molar-refractivity contribution in [2.24, 2.45) is 0 Å². The van der Waals surface area contributed by atoms with Crippen LogP contribution in [0.15, 0.2) is 118 Å². The Kier molecular flexibility index (Phi) is 9.66. The van der Waals surface area contributed by atoms with Gasteiger partial charge in [-0.1, -0.05) is 108 Å². The summed E-state index contributed by atoms with van der Waals surface area (Å²) in [6.45, 7) is 9.03. The van der Waals surface area contributed by atoms with Crippen LogP contribution in [-0.2, 0) is 10.8 Å². The Morgan fingerprint density at radius 3 is 1.04 bits per heavy atom. The lowest BCUT2D eigenvalue weighted by Crippen LogP contribution is -2.19. The monoisotopic (exact) mass is 727 g/mol. The number of ether oxygens (including phenoxy) is 3. The summed E-state index contributed by atoms with van der Waals surface area (Å²) in [7, 11) is 4.91. The summed E-state index contributed by atoms with van der Waals surface area (Å²) in [5.74, 6) is 1.75. The molecule has 0 spiro atoms. The van der Waals surface area contributed by atoms with Crippen LogP contribution in [-0.4, -0.2) is 21.3 Å².